The number of fused-ring (bicyclic) bond motifs is 1. The first kappa shape index (κ1) is 16.9. The van der Waals surface area contributed by atoms with E-state index in [1.54, 1.807) is 11.3 Å². The van der Waals surface area contributed by atoms with E-state index in [9.17, 15) is 9.59 Å². The molecule has 0 aliphatic heterocycles. The Morgan fingerprint density at radius 1 is 1.15 bits per heavy atom. The molecule has 0 unspecified atom stereocenters. The van der Waals surface area contributed by atoms with Gasteiger partial charge in [-0.05, 0) is 63.4 Å². The Hall–Kier alpha value is -2.28. The standard InChI is InChI=1S/C20H21N3O3S/c24-10-12-4-3-6-13(12)18(25)22-20-16(14-5-1-2-7-15(14)27-20)19-21-17(23-26-19)11-8-9-11/h10-11H,1-9H2,(H,22,25). The van der Waals surface area contributed by atoms with E-state index in [0.29, 0.717) is 35.8 Å². The Morgan fingerprint density at radius 3 is 2.81 bits per heavy atom. The van der Waals surface area contributed by atoms with Gasteiger partial charge in [0.15, 0.2) is 5.82 Å². The van der Waals surface area contributed by atoms with Crippen LogP contribution in [0.5, 0.6) is 0 Å². The molecule has 2 aromatic heterocycles. The van der Waals surface area contributed by atoms with Crippen LogP contribution in [0.2, 0.25) is 0 Å². The summed E-state index contributed by atoms with van der Waals surface area (Å²) in [6, 6.07) is 0. The third-order valence-electron chi connectivity index (χ3n) is 5.67. The van der Waals surface area contributed by atoms with Crippen molar-refractivity contribution >= 4 is 28.5 Å². The molecule has 0 bridgehead atoms. The Balaban J connectivity index is 1.52. The van der Waals surface area contributed by atoms with Gasteiger partial charge in [-0.25, -0.2) is 0 Å². The van der Waals surface area contributed by atoms with E-state index in [2.05, 4.69) is 15.5 Å². The number of thiophene rings is 1. The Morgan fingerprint density at radius 2 is 2.00 bits per heavy atom. The van der Waals surface area contributed by atoms with Gasteiger partial charge in [0.25, 0.3) is 11.8 Å². The molecule has 1 N–H and O–H groups in total. The number of allylic oxidation sites excluding steroid dienone is 1. The van der Waals surface area contributed by atoms with Gasteiger partial charge in [0.05, 0.1) is 5.56 Å². The minimum atomic E-state index is -0.170. The molecule has 3 aliphatic rings. The van der Waals surface area contributed by atoms with Crippen molar-refractivity contribution < 1.29 is 14.1 Å². The van der Waals surface area contributed by atoms with E-state index in [1.165, 1.54) is 10.4 Å². The third-order valence-corrected chi connectivity index (χ3v) is 6.88. The molecule has 0 spiro atoms. The van der Waals surface area contributed by atoms with E-state index < -0.39 is 0 Å². The maximum absolute atomic E-state index is 12.8. The fraction of sp³-hybridized carbons (Fsp3) is 0.500. The summed E-state index contributed by atoms with van der Waals surface area (Å²) in [4.78, 5) is 30.0. The monoisotopic (exact) mass is 383 g/mol. The number of carbonyl (C=O) groups excluding carboxylic acids is 2. The topological polar surface area (TPSA) is 85.1 Å². The lowest BCUT2D eigenvalue weighted by Crippen LogP contribution is -2.14. The molecule has 1 saturated carbocycles. The molecule has 0 aromatic carbocycles. The fourth-order valence-corrected chi connectivity index (χ4v) is 5.34. The molecule has 5 rings (SSSR count). The molecule has 1 amide bonds. The molecule has 0 saturated heterocycles. The van der Waals surface area contributed by atoms with Gasteiger partial charge in [-0.2, -0.15) is 4.98 Å². The van der Waals surface area contributed by atoms with Gasteiger partial charge in [0.1, 0.15) is 11.3 Å². The first-order valence-electron chi connectivity index (χ1n) is 9.71. The summed E-state index contributed by atoms with van der Waals surface area (Å²) in [5.41, 5.74) is 3.38. The number of aromatic nitrogens is 2. The molecule has 140 valence electrons. The lowest BCUT2D eigenvalue weighted by atomic mass is 9.95. The van der Waals surface area contributed by atoms with Crippen LogP contribution in [0.1, 0.15) is 67.1 Å². The molecular weight excluding hydrogens is 362 g/mol. The molecule has 2 aromatic rings. The molecule has 0 atom stereocenters. The molecule has 27 heavy (non-hydrogen) atoms. The number of nitrogens with zero attached hydrogens (tertiary/aromatic N) is 2. The Labute approximate surface area is 161 Å². The number of hydrogen-bond acceptors (Lipinski definition) is 6. The number of aldehydes is 1. The van der Waals surface area contributed by atoms with Crippen molar-refractivity contribution in [3.8, 4) is 11.5 Å². The van der Waals surface area contributed by atoms with Crippen molar-refractivity contribution in [3.05, 3.63) is 27.4 Å². The smallest absolute Gasteiger partial charge is 0.261 e. The van der Waals surface area contributed by atoms with Crippen LogP contribution in [0, 0.1) is 0 Å². The van der Waals surface area contributed by atoms with E-state index in [0.717, 1.165) is 67.6 Å². The van der Waals surface area contributed by atoms with Crippen LogP contribution in [-0.4, -0.2) is 22.3 Å². The second-order valence-electron chi connectivity index (χ2n) is 7.58. The third kappa shape index (κ3) is 3.04. The summed E-state index contributed by atoms with van der Waals surface area (Å²) in [6.45, 7) is 0. The van der Waals surface area contributed by atoms with Crippen LogP contribution in [-0.2, 0) is 22.4 Å². The summed E-state index contributed by atoms with van der Waals surface area (Å²) in [5.74, 6) is 1.55. The van der Waals surface area contributed by atoms with Crippen LogP contribution in [0.3, 0.4) is 0 Å². The number of anilines is 1. The van der Waals surface area contributed by atoms with Gasteiger partial charge in [-0.3, -0.25) is 9.59 Å². The van der Waals surface area contributed by atoms with E-state index in [4.69, 9.17) is 4.52 Å². The minimum Gasteiger partial charge on any atom is -0.334 e. The summed E-state index contributed by atoms with van der Waals surface area (Å²) < 4.78 is 5.59. The van der Waals surface area contributed by atoms with Crippen LogP contribution >= 0.6 is 11.3 Å². The summed E-state index contributed by atoms with van der Waals surface area (Å²) in [7, 11) is 0. The average molecular weight is 383 g/mol. The van der Waals surface area contributed by atoms with Crippen LogP contribution in [0.4, 0.5) is 5.00 Å². The van der Waals surface area contributed by atoms with Gasteiger partial charge in [-0.15, -0.1) is 11.3 Å². The summed E-state index contributed by atoms with van der Waals surface area (Å²) in [5, 5.41) is 8.00. The van der Waals surface area contributed by atoms with Crippen LogP contribution < -0.4 is 5.32 Å². The second kappa shape index (κ2) is 6.71. The van der Waals surface area contributed by atoms with Gasteiger partial charge in [0.2, 0.25) is 0 Å². The number of amides is 1. The van der Waals surface area contributed by atoms with Gasteiger partial charge in [0, 0.05) is 21.9 Å². The molecule has 0 radical (unpaired) electrons. The van der Waals surface area contributed by atoms with Crippen LogP contribution in [0.15, 0.2) is 15.7 Å². The predicted molar refractivity (Wildman–Crippen MR) is 102 cm³/mol. The number of carbonyl (C=O) groups is 2. The number of aryl methyl sites for hydroxylation is 1. The van der Waals surface area contributed by atoms with Gasteiger partial charge < -0.3 is 9.84 Å². The Kier molecular flexibility index (Phi) is 4.19. The molecule has 3 aliphatic carbocycles. The van der Waals surface area contributed by atoms with E-state index in [-0.39, 0.29) is 5.91 Å². The van der Waals surface area contributed by atoms with E-state index >= 15 is 0 Å². The lowest BCUT2D eigenvalue weighted by Gasteiger charge is -2.11. The fourth-order valence-electron chi connectivity index (χ4n) is 4.06. The number of nitrogens with one attached hydrogen (secondary N) is 1. The quantitative estimate of drug-likeness (QED) is 0.783. The normalized spacial score (nSPS) is 19.3. The molecule has 7 heteroatoms. The first-order chi connectivity index (χ1) is 13.2. The van der Waals surface area contributed by atoms with Gasteiger partial charge >= 0.3 is 0 Å². The lowest BCUT2D eigenvalue weighted by molar-refractivity contribution is -0.113. The first-order valence-corrected chi connectivity index (χ1v) is 10.5. The largest absolute Gasteiger partial charge is 0.334 e. The van der Waals surface area contributed by atoms with Crippen molar-refractivity contribution in [1.82, 2.24) is 10.1 Å². The molecular formula is C20H21N3O3S. The van der Waals surface area contributed by atoms with Crippen molar-refractivity contribution in [2.24, 2.45) is 0 Å². The van der Waals surface area contributed by atoms with Crippen molar-refractivity contribution in [2.75, 3.05) is 5.32 Å². The highest BCUT2D eigenvalue weighted by Crippen LogP contribution is 2.45. The van der Waals surface area contributed by atoms with Gasteiger partial charge in [-0.1, -0.05) is 5.16 Å². The SMILES string of the molecule is O=CC1=C(C(=O)Nc2sc3c(c2-c2nc(C4CC4)no2)CCCC3)CCC1. The van der Waals surface area contributed by atoms with E-state index in [1.807, 2.05) is 0 Å². The highest BCUT2D eigenvalue weighted by Gasteiger charge is 2.32. The highest BCUT2D eigenvalue weighted by atomic mass is 32.1. The zero-order valence-electron chi connectivity index (χ0n) is 15.0. The maximum Gasteiger partial charge on any atom is 0.261 e. The molecule has 2 heterocycles. The zero-order valence-corrected chi connectivity index (χ0v) is 15.9. The maximum atomic E-state index is 12.8. The van der Waals surface area contributed by atoms with Crippen LogP contribution in [0.25, 0.3) is 11.5 Å². The highest BCUT2D eigenvalue weighted by molar-refractivity contribution is 7.17. The Bertz CT molecular complexity index is 952. The molecule has 1 fully saturated rings. The number of hydrogen-bond donors (Lipinski definition) is 1. The zero-order chi connectivity index (χ0) is 18.4. The number of rotatable bonds is 5. The summed E-state index contributed by atoms with van der Waals surface area (Å²) >= 11 is 1.62. The van der Waals surface area contributed by atoms with Crippen molar-refractivity contribution in [1.29, 1.82) is 0 Å². The summed E-state index contributed by atoms with van der Waals surface area (Å²) in [6.07, 6.45) is 9.56. The van der Waals surface area contributed by atoms with Crippen molar-refractivity contribution in [2.45, 2.75) is 63.7 Å². The minimum absolute atomic E-state index is 0.170. The predicted octanol–water partition coefficient (Wildman–Crippen LogP) is 4.17. The second-order valence-corrected chi connectivity index (χ2v) is 8.68. The van der Waals surface area contributed by atoms with Crippen molar-refractivity contribution in [3.63, 3.8) is 0 Å². The molecule has 6 nitrogen and oxygen atoms in total. The average Bonchev–Trinajstić information content (AvgIpc) is 3.09.